The van der Waals surface area contributed by atoms with Crippen LogP contribution in [0.25, 0.3) is 11.2 Å². The molecule has 0 aliphatic heterocycles. The molecule has 0 aromatic carbocycles. The number of rotatable bonds is 1. The largest absolute Gasteiger partial charge is 0.409 e. The summed E-state index contributed by atoms with van der Waals surface area (Å²) < 4.78 is 1.88. The summed E-state index contributed by atoms with van der Waals surface area (Å²) in [4.78, 5) is 8.50. The van der Waals surface area contributed by atoms with Crippen LogP contribution < -0.4 is 5.73 Å². The number of fused-ring (bicyclic) bond motifs is 1. The molecule has 2 rings (SSSR count). The first kappa shape index (κ1) is 9.45. The maximum absolute atomic E-state index is 8.53. The lowest BCUT2D eigenvalue weighted by atomic mass is 10.2. The van der Waals surface area contributed by atoms with E-state index in [1.165, 1.54) is 0 Å². The molecule has 2 aromatic heterocycles. The van der Waals surface area contributed by atoms with Gasteiger partial charge in [-0.15, -0.1) is 0 Å². The molecular formula is C9H11N5O. The molecule has 0 fully saturated rings. The van der Waals surface area contributed by atoms with E-state index in [2.05, 4.69) is 15.1 Å². The van der Waals surface area contributed by atoms with E-state index in [-0.39, 0.29) is 5.84 Å². The molecule has 0 saturated carbocycles. The monoisotopic (exact) mass is 205 g/mol. The first-order chi connectivity index (χ1) is 7.13. The van der Waals surface area contributed by atoms with E-state index in [0.29, 0.717) is 5.56 Å². The van der Waals surface area contributed by atoms with Crippen LogP contribution in [0.2, 0.25) is 0 Å². The fourth-order valence-electron chi connectivity index (χ4n) is 1.39. The molecule has 3 N–H and O–H groups in total. The van der Waals surface area contributed by atoms with Crippen LogP contribution in [0.15, 0.2) is 17.4 Å². The van der Waals surface area contributed by atoms with E-state index in [1.807, 2.05) is 18.5 Å². The second-order valence-electron chi connectivity index (χ2n) is 3.27. The summed E-state index contributed by atoms with van der Waals surface area (Å²) in [7, 11) is 1.89. The number of amidine groups is 1. The van der Waals surface area contributed by atoms with Gasteiger partial charge in [0.2, 0.25) is 0 Å². The molecule has 6 nitrogen and oxygen atoms in total. The van der Waals surface area contributed by atoms with Gasteiger partial charge in [0.15, 0.2) is 11.5 Å². The van der Waals surface area contributed by atoms with Crippen LogP contribution in [0.4, 0.5) is 0 Å². The predicted octanol–water partition coefficient (Wildman–Crippen LogP) is 0.371. The van der Waals surface area contributed by atoms with Crippen LogP contribution in [0.1, 0.15) is 11.4 Å². The van der Waals surface area contributed by atoms with Crippen molar-refractivity contribution in [3.05, 3.63) is 23.7 Å². The van der Waals surface area contributed by atoms with Crippen molar-refractivity contribution in [1.29, 1.82) is 0 Å². The molecule has 0 saturated heterocycles. The molecular weight excluding hydrogens is 194 g/mol. The third-order valence-corrected chi connectivity index (χ3v) is 2.34. The SMILES string of the molecule is Cc1nc2cc(/C(N)=N\O)cnc2n1C. The van der Waals surface area contributed by atoms with Crippen molar-refractivity contribution >= 4 is 17.0 Å². The average Bonchev–Trinajstić information content (AvgIpc) is 2.53. The van der Waals surface area contributed by atoms with Gasteiger partial charge in [-0.25, -0.2) is 9.97 Å². The zero-order chi connectivity index (χ0) is 11.0. The lowest BCUT2D eigenvalue weighted by molar-refractivity contribution is 0.318. The Balaban J connectivity index is 2.67. The summed E-state index contributed by atoms with van der Waals surface area (Å²) in [5.74, 6) is 0.905. The minimum absolute atomic E-state index is 0.0349. The fourth-order valence-corrected chi connectivity index (χ4v) is 1.39. The van der Waals surface area contributed by atoms with Crippen molar-refractivity contribution in [2.75, 3.05) is 0 Å². The van der Waals surface area contributed by atoms with Gasteiger partial charge in [-0.2, -0.15) is 0 Å². The normalized spacial score (nSPS) is 12.3. The van der Waals surface area contributed by atoms with Gasteiger partial charge < -0.3 is 15.5 Å². The highest BCUT2D eigenvalue weighted by Gasteiger charge is 2.07. The van der Waals surface area contributed by atoms with Crippen molar-refractivity contribution < 1.29 is 5.21 Å². The highest BCUT2D eigenvalue weighted by molar-refractivity contribution is 5.98. The molecule has 0 aliphatic rings. The number of imidazole rings is 1. The van der Waals surface area contributed by atoms with Gasteiger partial charge in [0, 0.05) is 18.8 Å². The molecule has 0 unspecified atom stereocenters. The van der Waals surface area contributed by atoms with Crippen LogP contribution in [-0.2, 0) is 7.05 Å². The summed E-state index contributed by atoms with van der Waals surface area (Å²) in [5.41, 5.74) is 7.53. The van der Waals surface area contributed by atoms with E-state index in [0.717, 1.165) is 17.0 Å². The number of hydrogen-bond donors (Lipinski definition) is 2. The Bertz CT molecular complexity index is 543. The number of nitrogens with zero attached hydrogens (tertiary/aromatic N) is 4. The first-order valence-corrected chi connectivity index (χ1v) is 4.40. The summed E-state index contributed by atoms with van der Waals surface area (Å²) in [6.45, 7) is 1.89. The van der Waals surface area contributed by atoms with Crippen LogP contribution in [0, 0.1) is 6.92 Å². The number of nitrogens with two attached hydrogens (primary N) is 1. The summed E-state index contributed by atoms with van der Waals surface area (Å²) in [6, 6.07) is 1.74. The van der Waals surface area contributed by atoms with Gasteiger partial charge in [0.05, 0.1) is 0 Å². The Labute approximate surface area is 86.0 Å². The Hall–Kier alpha value is -2.11. The molecule has 0 radical (unpaired) electrons. The minimum Gasteiger partial charge on any atom is -0.409 e. The summed E-state index contributed by atoms with van der Waals surface area (Å²) >= 11 is 0. The third-order valence-electron chi connectivity index (χ3n) is 2.34. The highest BCUT2D eigenvalue weighted by Crippen LogP contribution is 2.13. The number of aromatic nitrogens is 3. The van der Waals surface area contributed by atoms with Crippen LogP contribution >= 0.6 is 0 Å². The lowest BCUT2D eigenvalue weighted by Crippen LogP contribution is -2.13. The van der Waals surface area contributed by atoms with Crippen molar-refractivity contribution in [2.45, 2.75) is 6.92 Å². The predicted molar refractivity (Wildman–Crippen MR) is 55.8 cm³/mol. The number of pyridine rings is 1. The van der Waals surface area contributed by atoms with E-state index in [1.54, 1.807) is 12.3 Å². The lowest BCUT2D eigenvalue weighted by Gasteiger charge is -1.98. The van der Waals surface area contributed by atoms with Gasteiger partial charge >= 0.3 is 0 Å². The number of aryl methyl sites for hydroxylation is 2. The summed E-state index contributed by atoms with van der Waals surface area (Å²) in [6.07, 6.45) is 1.55. The second kappa shape index (κ2) is 3.23. The zero-order valence-electron chi connectivity index (χ0n) is 8.47. The second-order valence-corrected chi connectivity index (χ2v) is 3.27. The van der Waals surface area contributed by atoms with Gasteiger partial charge in [0.1, 0.15) is 11.3 Å². The van der Waals surface area contributed by atoms with E-state index >= 15 is 0 Å². The van der Waals surface area contributed by atoms with Gasteiger partial charge in [-0.1, -0.05) is 5.16 Å². The van der Waals surface area contributed by atoms with Gasteiger partial charge in [-0.3, -0.25) is 0 Å². The topological polar surface area (TPSA) is 89.3 Å². The molecule has 6 heteroatoms. The Morgan fingerprint density at radius 3 is 3.00 bits per heavy atom. The fraction of sp³-hybridized carbons (Fsp3) is 0.222. The Morgan fingerprint density at radius 2 is 2.33 bits per heavy atom. The highest BCUT2D eigenvalue weighted by atomic mass is 16.4. The van der Waals surface area contributed by atoms with Gasteiger partial charge in [-0.05, 0) is 13.0 Å². The smallest absolute Gasteiger partial charge is 0.171 e. The van der Waals surface area contributed by atoms with E-state index in [9.17, 15) is 0 Å². The van der Waals surface area contributed by atoms with Crippen LogP contribution in [0.5, 0.6) is 0 Å². The Kier molecular flexibility index (Phi) is 2.03. The molecule has 0 atom stereocenters. The molecule has 0 spiro atoms. The quantitative estimate of drug-likeness (QED) is 0.304. The molecule has 2 aromatic rings. The van der Waals surface area contributed by atoms with Crippen molar-refractivity contribution in [3.8, 4) is 0 Å². The van der Waals surface area contributed by atoms with E-state index < -0.39 is 0 Å². The van der Waals surface area contributed by atoms with Crippen molar-refractivity contribution in [1.82, 2.24) is 14.5 Å². The maximum atomic E-state index is 8.53. The molecule has 2 heterocycles. The van der Waals surface area contributed by atoms with Gasteiger partial charge in [0.25, 0.3) is 0 Å². The molecule has 78 valence electrons. The zero-order valence-corrected chi connectivity index (χ0v) is 8.47. The molecule has 0 aliphatic carbocycles. The Morgan fingerprint density at radius 1 is 1.60 bits per heavy atom. The minimum atomic E-state index is 0.0349. The molecule has 15 heavy (non-hydrogen) atoms. The maximum Gasteiger partial charge on any atom is 0.171 e. The third kappa shape index (κ3) is 1.39. The van der Waals surface area contributed by atoms with E-state index in [4.69, 9.17) is 10.9 Å². The van der Waals surface area contributed by atoms with Crippen LogP contribution in [0.3, 0.4) is 0 Å². The number of oxime groups is 1. The number of hydrogen-bond acceptors (Lipinski definition) is 4. The standard InChI is InChI=1S/C9H11N5O/c1-5-12-7-3-6(8(10)13-15)4-11-9(7)14(5)2/h3-4,15H,1-2H3,(H2,10,13). The first-order valence-electron chi connectivity index (χ1n) is 4.40. The average molecular weight is 205 g/mol. The van der Waals surface area contributed by atoms with Crippen molar-refractivity contribution in [2.24, 2.45) is 17.9 Å². The van der Waals surface area contributed by atoms with Crippen LogP contribution in [-0.4, -0.2) is 25.6 Å². The summed E-state index contributed by atoms with van der Waals surface area (Å²) in [5, 5.41) is 11.4. The molecule has 0 amide bonds. The van der Waals surface area contributed by atoms with Crippen molar-refractivity contribution in [3.63, 3.8) is 0 Å². The molecule has 0 bridgehead atoms.